The highest BCUT2D eigenvalue weighted by Gasteiger charge is 2.28. The Hall–Kier alpha value is -2.44. The monoisotopic (exact) mass is 397 g/mol. The van der Waals surface area contributed by atoms with Gasteiger partial charge in [0.25, 0.3) is 0 Å². The van der Waals surface area contributed by atoms with E-state index in [4.69, 9.17) is 9.97 Å². The predicted octanol–water partition coefficient (Wildman–Crippen LogP) is 2.04. The molecule has 4 rings (SSSR count). The molecule has 7 nitrogen and oxygen atoms in total. The zero-order valence-electron chi connectivity index (χ0n) is 17.3. The molecule has 1 unspecified atom stereocenters. The van der Waals surface area contributed by atoms with Crippen molar-refractivity contribution in [3.05, 3.63) is 29.7 Å². The van der Waals surface area contributed by atoms with E-state index in [1.54, 1.807) is 6.92 Å². The van der Waals surface area contributed by atoms with Gasteiger partial charge in [-0.25, -0.2) is 9.97 Å². The summed E-state index contributed by atoms with van der Waals surface area (Å²) < 4.78 is 0. The number of carbonyl (C=O) groups is 2. The van der Waals surface area contributed by atoms with Crippen LogP contribution >= 0.6 is 0 Å². The molecule has 3 aliphatic rings. The highest BCUT2D eigenvalue weighted by atomic mass is 16.2. The van der Waals surface area contributed by atoms with Gasteiger partial charge in [0.1, 0.15) is 11.6 Å². The quantitative estimate of drug-likeness (QED) is 0.713. The van der Waals surface area contributed by atoms with E-state index in [-0.39, 0.29) is 11.8 Å². The zero-order valence-corrected chi connectivity index (χ0v) is 17.3. The topological polar surface area (TPSA) is 78.4 Å². The molecule has 156 valence electrons. The summed E-state index contributed by atoms with van der Waals surface area (Å²) >= 11 is 0. The van der Waals surface area contributed by atoms with Crippen molar-refractivity contribution in [2.45, 2.75) is 51.4 Å². The molecule has 1 aliphatic heterocycles. The molecule has 1 aromatic rings. The molecule has 1 aromatic heterocycles. The third-order valence-corrected chi connectivity index (χ3v) is 6.04. The molecule has 7 heteroatoms. The highest BCUT2D eigenvalue weighted by Crippen LogP contribution is 2.38. The van der Waals surface area contributed by atoms with Gasteiger partial charge in [0, 0.05) is 70.2 Å². The molecule has 0 bridgehead atoms. The first-order chi connectivity index (χ1) is 14.1. The van der Waals surface area contributed by atoms with Gasteiger partial charge in [-0.3, -0.25) is 9.59 Å². The van der Waals surface area contributed by atoms with E-state index >= 15 is 0 Å². The summed E-state index contributed by atoms with van der Waals surface area (Å²) in [6.45, 7) is 5.30. The van der Waals surface area contributed by atoms with E-state index in [9.17, 15) is 9.59 Å². The second-order valence-electron chi connectivity index (χ2n) is 8.41. The van der Waals surface area contributed by atoms with E-state index in [1.165, 1.54) is 0 Å². The minimum Gasteiger partial charge on any atom is -0.356 e. The van der Waals surface area contributed by atoms with Gasteiger partial charge in [0.15, 0.2) is 0 Å². The van der Waals surface area contributed by atoms with Crippen LogP contribution in [0.2, 0.25) is 0 Å². The van der Waals surface area contributed by atoms with Gasteiger partial charge in [-0.1, -0.05) is 12.2 Å². The zero-order chi connectivity index (χ0) is 20.2. The SMILES string of the molecule is CC(=O)N1CCN(c2cc(CCNC(=O)CC3C=CCC3)nc(C3CC3)n2)CC1. The Morgan fingerprint density at radius 2 is 1.93 bits per heavy atom. The fourth-order valence-electron chi connectivity index (χ4n) is 4.07. The number of aromatic nitrogens is 2. The van der Waals surface area contributed by atoms with Crippen molar-refractivity contribution in [1.29, 1.82) is 0 Å². The van der Waals surface area contributed by atoms with Gasteiger partial charge in [0.2, 0.25) is 11.8 Å². The maximum absolute atomic E-state index is 12.2. The summed E-state index contributed by atoms with van der Waals surface area (Å²) in [7, 11) is 0. The third kappa shape index (κ3) is 5.34. The number of rotatable bonds is 7. The lowest BCUT2D eigenvalue weighted by Crippen LogP contribution is -2.48. The first-order valence-electron chi connectivity index (χ1n) is 10.9. The molecule has 1 atom stereocenters. The van der Waals surface area contributed by atoms with Crippen LogP contribution in [0.4, 0.5) is 5.82 Å². The van der Waals surface area contributed by atoms with Crippen molar-refractivity contribution in [2.24, 2.45) is 5.92 Å². The van der Waals surface area contributed by atoms with Crippen LogP contribution < -0.4 is 10.2 Å². The van der Waals surface area contributed by atoms with Gasteiger partial charge in [-0.15, -0.1) is 0 Å². The van der Waals surface area contributed by atoms with E-state index in [0.29, 0.717) is 24.8 Å². The lowest BCUT2D eigenvalue weighted by atomic mass is 10.1. The van der Waals surface area contributed by atoms with Crippen LogP contribution in [-0.2, 0) is 16.0 Å². The molecule has 0 aromatic carbocycles. The number of carbonyl (C=O) groups excluding carboxylic acids is 2. The van der Waals surface area contributed by atoms with Gasteiger partial charge < -0.3 is 15.1 Å². The molecule has 2 amide bonds. The number of hydrogen-bond donors (Lipinski definition) is 1. The van der Waals surface area contributed by atoms with E-state index in [0.717, 1.165) is 75.6 Å². The number of nitrogens with zero attached hydrogens (tertiary/aromatic N) is 4. The molecule has 1 saturated carbocycles. The smallest absolute Gasteiger partial charge is 0.220 e. The molecular formula is C22H31N5O2. The number of hydrogen-bond acceptors (Lipinski definition) is 5. The Balaban J connectivity index is 1.35. The van der Waals surface area contributed by atoms with Crippen LogP contribution in [0.1, 0.15) is 56.5 Å². The minimum absolute atomic E-state index is 0.124. The van der Waals surface area contributed by atoms with E-state index in [2.05, 4.69) is 28.4 Å². The summed E-state index contributed by atoms with van der Waals surface area (Å²) in [5.74, 6) is 3.04. The average molecular weight is 398 g/mol. The first-order valence-corrected chi connectivity index (χ1v) is 10.9. The Morgan fingerprint density at radius 3 is 2.59 bits per heavy atom. The summed E-state index contributed by atoms with van der Waals surface area (Å²) in [6, 6.07) is 2.06. The van der Waals surface area contributed by atoms with Crippen molar-refractivity contribution >= 4 is 17.6 Å². The summed E-state index contributed by atoms with van der Waals surface area (Å²) in [6.07, 6.45) is 10.1. The third-order valence-electron chi connectivity index (χ3n) is 6.04. The fourth-order valence-corrected chi connectivity index (χ4v) is 4.07. The summed E-state index contributed by atoms with van der Waals surface area (Å²) in [5.41, 5.74) is 0.993. The molecule has 0 radical (unpaired) electrons. The highest BCUT2D eigenvalue weighted by molar-refractivity contribution is 5.76. The number of anilines is 1. The normalized spacial score (nSPS) is 21.5. The second kappa shape index (κ2) is 8.93. The van der Waals surface area contributed by atoms with Crippen molar-refractivity contribution in [3.8, 4) is 0 Å². The molecule has 2 heterocycles. The van der Waals surface area contributed by atoms with Crippen molar-refractivity contribution in [3.63, 3.8) is 0 Å². The number of nitrogens with one attached hydrogen (secondary N) is 1. The Kier molecular flexibility index (Phi) is 6.11. The number of allylic oxidation sites excluding steroid dienone is 2. The van der Waals surface area contributed by atoms with Crippen molar-refractivity contribution in [1.82, 2.24) is 20.2 Å². The molecule has 1 saturated heterocycles. The molecule has 0 spiro atoms. The van der Waals surface area contributed by atoms with E-state index < -0.39 is 0 Å². The summed E-state index contributed by atoms with van der Waals surface area (Å²) in [5, 5.41) is 3.05. The van der Waals surface area contributed by atoms with Crippen LogP contribution in [0, 0.1) is 5.92 Å². The lowest BCUT2D eigenvalue weighted by molar-refractivity contribution is -0.129. The largest absolute Gasteiger partial charge is 0.356 e. The van der Waals surface area contributed by atoms with Gasteiger partial charge in [0.05, 0.1) is 0 Å². The number of amides is 2. The molecular weight excluding hydrogens is 366 g/mol. The van der Waals surface area contributed by atoms with Crippen LogP contribution in [0.15, 0.2) is 18.2 Å². The predicted molar refractivity (Wildman–Crippen MR) is 112 cm³/mol. The molecule has 1 N–H and O–H groups in total. The lowest BCUT2D eigenvalue weighted by Gasteiger charge is -2.35. The van der Waals surface area contributed by atoms with Crippen molar-refractivity contribution < 1.29 is 9.59 Å². The number of piperazine rings is 1. The maximum atomic E-state index is 12.2. The Bertz CT molecular complexity index is 781. The molecule has 2 aliphatic carbocycles. The minimum atomic E-state index is 0.124. The Morgan fingerprint density at radius 1 is 1.14 bits per heavy atom. The average Bonchev–Trinajstić information content (AvgIpc) is 3.45. The van der Waals surface area contributed by atoms with Crippen LogP contribution in [0.5, 0.6) is 0 Å². The van der Waals surface area contributed by atoms with Crippen LogP contribution in [0.3, 0.4) is 0 Å². The van der Waals surface area contributed by atoms with Gasteiger partial charge in [-0.05, 0) is 31.6 Å². The fraction of sp³-hybridized carbons (Fsp3) is 0.636. The van der Waals surface area contributed by atoms with Crippen molar-refractivity contribution in [2.75, 3.05) is 37.6 Å². The molecule has 2 fully saturated rings. The standard InChI is InChI=1S/C22H31N5O2/c1-16(28)26-10-12-27(13-11-26)20-15-19(24-22(25-20)18-6-7-18)8-9-23-21(29)14-17-4-2-3-5-17/h2,4,15,17-18H,3,5-14H2,1H3,(H,23,29). The Labute approximate surface area is 172 Å². The first kappa shape index (κ1) is 19.9. The second-order valence-corrected chi connectivity index (χ2v) is 8.41. The molecule has 29 heavy (non-hydrogen) atoms. The summed E-state index contributed by atoms with van der Waals surface area (Å²) in [4.78, 5) is 37.5. The van der Waals surface area contributed by atoms with Crippen LogP contribution in [-0.4, -0.2) is 59.4 Å². The van der Waals surface area contributed by atoms with Crippen LogP contribution in [0.25, 0.3) is 0 Å². The maximum Gasteiger partial charge on any atom is 0.220 e. The van der Waals surface area contributed by atoms with Gasteiger partial charge >= 0.3 is 0 Å². The van der Waals surface area contributed by atoms with Gasteiger partial charge in [-0.2, -0.15) is 0 Å². The van der Waals surface area contributed by atoms with E-state index in [1.807, 2.05) is 4.90 Å².